The van der Waals surface area contributed by atoms with Crippen molar-refractivity contribution in [2.45, 2.75) is 52.0 Å². The molecule has 0 aliphatic heterocycles. The van der Waals surface area contributed by atoms with Crippen LogP contribution in [0.25, 0.3) is 0 Å². The highest BCUT2D eigenvalue weighted by Gasteiger charge is 2.26. The van der Waals surface area contributed by atoms with Gasteiger partial charge in [0.25, 0.3) is 0 Å². The van der Waals surface area contributed by atoms with Gasteiger partial charge in [0.15, 0.2) is 0 Å². The molecule has 3 unspecified atom stereocenters. The molecule has 2 nitrogen and oxygen atoms in total. The summed E-state index contributed by atoms with van der Waals surface area (Å²) in [5, 5.41) is 3.77. The minimum Gasteiger partial charge on any atom is -0.314 e. The molecule has 3 atom stereocenters. The molecule has 1 fully saturated rings. The molecule has 1 rings (SSSR count). The van der Waals surface area contributed by atoms with Gasteiger partial charge in [0.2, 0.25) is 0 Å². The smallest absolute Gasteiger partial charge is 0.00954 e. The summed E-state index contributed by atoms with van der Waals surface area (Å²) in [6, 6.07) is 0.795. The van der Waals surface area contributed by atoms with Crippen molar-refractivity contribution in [1.29, 1.82) is 0 Å². The highest BCUT2D eigenvalue weighted by molar-refractivity contribution is 4.82. The third-order valence-electron chi connectivity index (χ3n) is 3.96. The maximum Gasteiger partial charge on any atom is 0.00954 e. The highest BCUT2D eigenvalue weighted by atomic mass is 15.1. The molecule has 0 spiro atoms. The first kappa shape index (κ1) is 14.0. The first-order valence-corrected chi connectivity index (χ1v) is 7.01. The summed E-state index contributed by atoms with van der Waals surface area (Å²) >= 11 is 0. The molecule has 0 bridgehead atoms. The molecule has 0 aromatic heterocycles. The number of rotatable bonds is 6. The molecule has 1 saturated carbocycles. The Morgan fingerprint density at radius 3 is 2.62 bits per heavy atom. The van der Waals surface area contributed by atoms with E-state index in [1.165, 1.54) is 45.2 Å². The van der Waals surface area contributed by atoms with Crippen molar-refractivity contribution >= 4 is 0 Å². The van der Waals surface area contributed by atoms with E-state index in [-0.39, 0.29) is 0 Å². The quantitative estimate of drug-likeness (QED) is 0.701. The summed E-state index contributed by atoms with van der Waals surface area (Å²) in [5.74, 6) is 1.87. The summed E-state index contributed by atoms with van der Waals surface area (Å²) in [5.41, 5.74) is 0. The number of nitrogens with zero attached hydrogens (tertiary/aromatic N) is 1. The van der Waals surface area contributed by atoms with Gasteiger partial charge >= 0.3 is 0 Å². The summed E-state index contributed by atoms with van der Waals surface area (Å²) in [7, 11) is 4.30. The normalized spacial score (nSPS) is 30.9. The van der Waals surface area contributed by atoms with E-state index in [1.54, 1.807) is 0 Å². The second-order valence-corrected chi connectivity index (χ2v) is 5.80. The van der Waals surface area contributed by atoms with E-state index in [1.807, 2.05) is 0 Å². The van der Waals surface area contributed by atoms with Crippen molar-refractivity contribution in [3.8, 4) is 0 Å². The van der Waals surface area contributed by atoms with Crippen molar-refractivity contribution in [1.82, 2.24) is 10.2 Å². The van der Waals surface area contributed by atoms with Crippen molar-refractivity contribution in [2.24, 2.45) is 11.8 Å². The molecular weight excluding hydrogens is 196 g/mol. The van der Waals surface area contributed by atoms with E-state index in [0.717, 1.165) is 17.9 Å². The van der Waals surface area contributed by atoms with Crippen LogP contribution in [0.5, 0.6) is 0 Å². The lowest BCUT2D eigenvalue weighted by atomic mass is 9.77. The second kappa shape index (κ2) is 7.29. The minimum absolute atomic E-state index is 0.795. The van der Waals surface area contributed by atoms with Crippen molar-refractivity contribution in [2.75, 3.05) is 27.2 Å². The van der Waals surface area contributed by atoms with Crippen molar-refractivity contribution in [3.63, 3.8) is 0 Å². The molecule has 0 aromatic carbocycles. The zero-order chi connectivity index (χ0) is 12.0. The van der Waals surface area contributed by atoms with Gasteiger partial charge in [0.05, 0.1) is 0 Å². The summed E-state index contributed by atoms with van der Waals surface area (Å²) in [4.78, 5) is 2.27. The van der Waals surface area contributed by atoms with Crippen LogP contribution in [0.1, 0.15) is 46.0 Å². The molecule has 0 radical (unpaired) electrons. The molecule has 16 heavy (non-hydrogen) atoms. The van der Waals surface area contributed by atoms with Crippen molar-refractivity contribution in [3.05, 3.63) is 0 Å². The fourth-order valence-electron chi connectivity index (χ4n) is 2.90. The number of hydrogen-bond donors (Lipinski definition) is 1. The van der Waals surface area contributed by atoms with Crippen LogP contribution in [0, 0.1) is 11.8 Å². The Labute approximate surface area is 102 Å². The highest BCUT2D eigenvalue weighted by Crippen LogP contribution is 2.30. The molecule has 0 amide bonds. The molecule has 1 aliphatic rings. The van der Waals surface area contributed by atoms with Crippen molar-refractivity contribution < 1.29 is 0 Å². The van der Waals surface area contributed by atoms with E-state index in [4.69, 9.17) is 0 Å². The lowest BCUT2D eigenvalue weighted by molar-refractivity contribution is 0.206. The molecule has 2 heteroatoms. The van der Waals surface area contributed by atoms with Crippen LogP contribution < -0.4 is 5.32 Å². The largest absolute Gasteiger partial charge is 0.314 e. The van der Waals surface area contributed by atoms with Crippen LogP contribution in [0.3, 0.4) is 0 Å². The lowest BCUT2D eigenvalue weighted by Gasteiger charge is -2.35. The van der Waals surface area contributed by atoms with Gasteiger partial charge in [0, 0.05) is 6.04 Å². The predicted molar refractivity (Wildman–Crippen MR) is 71.8 cm³/mol. The fraction of sp³-hybridized carbons (Fsp3) is 1.00. The first-order chi connectivity index (χ1) is 7.63. The molecule has 1 N–H and O–H groups in total. The van der Waals surface area contributed by atoms with E-state index in [0.29, 0.717) is 0 Å². The number of nitrogens with one attached hydrogen (secondary N) is 1. The van der Waals surface area contributed by atoms with Gasteiger partial charge in [-0.25, -0.2) is 0 Å². The van der Waals surface area contributed by atoms with Gasteiger partial charge in [0.1, 0.15) is 0 Å². The third kappa shape index (κ3) is 4.84. The SMILES string of the molecule is CCC1CC(C)CCC1NCCCN(C)C. The maximum atomic E-state index is 3.77. The van der Waals surface area contributed by atoms with E-state index < -0.39 is 0 Å². The molecule has 0 aromatic rings. The standard InChI is InChI=1S/C14H30N2/c1-5-13-11-12(2)7-8-14(13)15-9-6-10-16(3)4/h12-15H,5-11H2,1-4H3. The topological polar surface area (TPSA) is 15.3 Å². The van der Waals surface area contributed by atoms with Crippen LogP contribution in [0.15, 0.2) is 0 Å². The molecular formula is C14H30N2. The molecule has 0 saturated heterocycles. The summed E-state index contributed by atoms with van der Waals surface area (Å²) in [6.07, 6.45) is 6.86. The molecule has 0 heterocycles. The second-order valence-electron chi connectivity index (χ2n) is 5.80. The van der Waals surface area contributed by atoms with E-state index in [2.05, 4.69) is 38.2 Å². The van der Waals surface area contributed by atoms with Gasteiger partial charge in [-0.05, 0) is 64.7 Å². The van der Waals surface area contributed by atoms with E-state index in [9.17, 15) is 0 Å². The monoisotopic (exact) mass is 226 g/mol. The van der Waals surface area contributed by atoms with Crippen LogP contribution in [-0.2, 0) is 0 Å². The zero-order valence-corrected chi connectivity index (χ0v) is 11.6. The maximum absolute atomic E-state index is 3.77. The van der Waals surface area contributed by atoms with Crippen LogP contribution in [0.2, 0.25) is 0 Å². The van der Waals surface area contributed by atoms with Crippen LogP contribution >= 0.6 is 0 Å². The molecule has 96 valence electrons. The van der Waals surface area contributed by atoms with E-state index >= 15 is 0 Å². The Balaban J connectivity index is 2.19. The zero-order valence-electron chi connectivity index (χ0n) is 11.6. The van der Waals surface area contributed by atoms with Gasteiger partial charge in [-0.3, -0.25) is 0 Å². The Morgan fingerprint density at radius 1 is 1.25 bits per heavy atom. The number of hydrogen-bond acceptors (Lipinski definition) is 2. The van der Waals surface area contributed by atoms with Gasteiger partial charge in [-0.2, -0.15) is 0 Å². The Morgan fingerprint density at radius 2 is 2.00 bits per heavy atom. The van der Waals surface area contributed by atoms with Gasteiger partial charge in [-0.1, -0.05) is 20.3 Å². The summed E-state index contributed by atoms with van der Waals surface area (Å²) in [6.45, 7) is 7.14. The fourth-order valence-corrected chi connectivity index (χ4v) is 2.90. The van der Waals surface area contributed by atoms with Crippen LogP contribution in [0.4, 0.5) is 0 Å². The molecule has 1 aliphatic carbocycles. The average molecular weight is 226 g/mol. The third-order valence-corrected chi connectivity index (χ3v) is 3.96. The van der Waals surface area contributed by atoms with Gasteiger partial charge < -0.3 is 10.2 Å². The average Bonchev–Trinajstić information content (AvgIpc) is 2.25. The minimum atomic E-state index is 0.795. The van der Waals surface area contributed by atoms with Crippen LogP contribution in [-0.4, -0.2) is 38.1 Å². The van der Waals surface area contributed by atoms with Gasteiger partial charge in [-0.15, -0.1) is 0 Å². The Hall–Kier alpha value is -0.0800. The lowest BCUT2D eigenvalue weighted by Crippen LogP contribution is -2.41. The Bertz CT molecular complexity index is 180. The Kier molecular flexibility index (Phi) is 6.37. The predicted octanol–water partition coefficient (Wildman–Crippen LogP) is 2.74. The summed E-state index contributed by atoms with van der Waals surface area (Å²) < 4.78 is 0. The first-order valence-electron chi connectivity index (χ1n) is 7.01.